The molecule has 130 valence electrons. The Bertz CT molecular complexity index is 731. The number of hydrogen-bond donors (Lipinski definition) is 1. The molecule has 0 aliphatic carbocycles. The highest BCUT2D eigenvalue weighted by atomic mass is 16.5. The van der Waals surface area contributed by atoms with Crippen LogP contribution in [-0.4, -0.2) is 35.4 Å². The van der Waals surface area contributed by atoms with E-state index in [0.29, 0.717) is 19.6 Å². The van der Waals surface area contributed by atoms with Gasteiger partial charge in [0.25, 0.3) is 0 Å². The summed E-state index contributed by atoms with van der Waals surface area (Å²) >= 11 is 0. The molecule has 2 heterocycles. The van der Waals surface area contributed by atoms with Crippen LogP contribution in [0.25, 0.3) is 0 Å². The number of benzene rings is 1. The van der Waals surface area contributed by atoms with Crippen molar-refractivity contribution >= 4 is 11.8 Å². The normalized spacial score (nSPS) is 16.8. The fraction of sp³-hybridized carbons (Fsp3) is 0.316. The summed E-state index contributed by atoms with van der Waals surface area (Å²) in [6.07, 6.45) is 3.67. The van der Waals surface area contributed by atoms with Crippen LogP contribution in [0.1, 0.15) is 17.5 Å². The van der Waals surface area contributed by atoms with Gasteiger partial charge in [-0.3, -0.25) is 14.6 Å². The van der Waals surface area contributed by atoms with Crippen molar-refractivity contribution in [3.63, 3.8) is 0 Å². The molecule has 6 heteroatoms. The third-order valence-corrected chi connectivity index (χ3v) is 4.31. The molecule has 1 aliphatic rings. The second-order valence-corrected chi connectivity index (χ2v) is 6.10. The van der Waals surface area contributed by atoms with Crippen LogP contribution in [0.2, 0.25) is 0 Å². The molecule has 6 nitrogen and oxygen atoms in total. The lowest BCUT2D eigenvalue weighted by atomic mass is 10.1. The van der Waals surface area contributed by atoms with Crippen LogP contribution in [0.3, 0.4) is 0 Å². The van der Waals surface area contributed by atoms with Crippen molar-refractivity contribution in [1.29, 1.82) is 0 Å². The highest BCUT2D eigenvalue weighted by molar-refractivity contribution is 5.89. The number of aromatic nitrogens is 1. The van der Waals surface area contributed by atoms with Crippen molar-refractivity contribution in [3.8, 4) is 5.75 Å². The largest absolute Gasteiger partial charge is 0.497 e. The molecule has 1 aliphatic heterocycles. The number of nitrogens with zero attached hydrogens (tertiary/aromatic N) is 2. The summed E-state index contributed by atoms with van der Waals surface area (Å²) in [7, 11) is 1.62. The molecule has 1 fully saturated rings. The minimum absolute atomic E-state index is 0.0114. The fourth-order valence-electron chi connectivity index (χ4n) is 2.89. The molecule has 1 N–H and O–H groups in total. The molecule has 3 rings (SSSR count). The van der Waals surface area contributed by atoms with E-state index in [1.165, 1.54) is 0 Å². The molecule has 1 atom stereocenters. The number of hydrogen-bond acceptors (Lipinski definition) is 4. The number of methoxy groups -OCH3 is 1. The Labute approximate surface area is 146 Å². The lowest BCUT2D eigenvalue weighted by Crippen LogP contribution is -2.32. The van der Waals surface area contributed by atoms with Gasteiger partial charge in [-0.05, 0) is 29.3 Å². The van der Waals surface area contributed by atoms with Gasteiger partial charge in [-0.2, -0.15) is 0 Å². The fourth-order valence-corrected chi connectivity index (χ4v) is 2.89. The lowest BCUT2D eigenvalue weighted by Gasteiger charge is -2.17. The van der Waals surface area contributed by atoms with Gasteiger partial charge in [0.05, 0.1) is 13.0 Å². The molecule has 2 aromatic rings. The first kappa shape index (κ1) is 17.0. The van der Waals surface area contributed by atoms with Crippen LogP contribution >= 0.6 is 0 Å². The molecule has 1 aromatic heterocycles. The van der Waals surface area contributed by atoms with Crippen molar-refractivity contribution < 1.29 is 14.3 Å². The zero-order valence-corrected chi connectivity index (χ0v) is 14.1. The Morgan fingerprint density at radius 1 is 1.28 bits per heavy atom. The number of nitrogens with one attached hydrogen (secondary N) is 1. The van der Waals surface area contributed by atoms with Crippen LogP contribution in [0.4, 0.5) is 0 Å². The molecule has 2 amide bonds. The maximum absolute atomic E-state index is 12.3. The maximum atomic E-state index is 12.3. The number of carbonyl (C=O) groups excluding carboxylic acids is 2. The zero-order valence-electron chi connectivity index (χ0n) is 14.1. The van der Waals surface area contributed by atoms with E-state index in [1.54, 1.807) is 24.4 Å². The monoisotopic (exact) mass is 339 g/mol. The summed E-state index contributed by atoms with van der Waals surface area (Å²) in [5.74, 6) is 0.401. The molecule has 0 bridgehead atoms. The number of carbonyl (C=O) groups is 2. The highest BCUT2D eigenvalue weighted by Crippen LogP contribution is 2.21. The number of likely N-dealkylation sites (tertiary alicyclic amines) is 1. The number of amides is 2. The highest BCUT2D eigenvalue weighted by Gasteiger charge is 2.34. The standard InChI is InChI=1S/C19H21N3O3/c1-25-17-6-4-14(5-7-17)12-22-13-16(9-18(22)23)19(24)21-11-15-3-2-8-20-10-15/h2-8,10,16H,9,11-13H2,1H3,(H,21,24). The van der Waals surface area contributed by atoms with E-state index >= 15 is 0 Å². The third kappa shape index (κ3) is 4.35. The summed E-state index contributed by atoms with van der Waals surface area (Å²) in [5, 5.41) is 2.89. The van der Waals surface area contributed by atoms with Gasteiger partial charge in [0, 0.05) is 38.4 Å². The van der Waals surface area contributed by atoms with Crippen molar-refractivity contribution in [2.24, 2.45) is 5.92 Å². The Hall–Kier alpha value is -2.89. The molecule has 1 unspecified atom stereocenters. The van der Waals surface area contributed by atoms with Gasteiger partial charge in [0.1, 0.15) is 5.75 Å². The summed E-state index contributed by atoms with van der Waals surface area (Å²) in [5.41, 5.74) is 1.96. The SMILES string of the molecule is COc1ccc(CN2CC(C(=O)NCc3cccnc3)CC2=O)cc1. The minimum atomic E-state index is -0.303. The van der Waals surface area contributed by atoms with E-state index in [-0.39, 0.29) is 24.2 Å². The Kier molecular flexibility index (Phi) is 5.28. The van der Waals surface area contributed by atoms with E-state index in [0.717, 1.165) is 16.9 Å². The van der Waals surface area contributed by atoms with Gasteiger partial charge in [0.15, 0.2) is 0 Å². The molecule has 1 aromatic carbocycles. The molecule has 0 saturated carbocycles. The smallest absolute Gasteiger partial charge is 0.225 e. The number of pyridine rings is 1. The quantitative estimate of drug-likeness (QED) is 0.870. The van der Waals surface area contributed by atoms with E-state index in [1.807, 2.05) is 36.4 Å². The summed E-state index contributed by atoms with van der Waals surface area (Å²) in [4.78, 5) is 30.3. The van der Waals surface area contributed by atoms with Gasteiger partial charge in [-0.25, -0.2) is 0 Å². The van der Waals surface area contributed by atoms with Crippen molar-refractivity contribution in [3.05, 3.63) is 59.9 Å². The first-order valence-corrected chi connectivity index (χ1v) is 8.23. The first-order chi connectivity index (χ1) is 12.2. The predicted octanol–water partition coefficient (Wildman–Crippen LogP) is 1.76. The van der Waals surface area contributed by atoms with E-state index in [9.17, 15) is 9.59 Å². The molecule has 25 heavy (non-hydrogen) atoms. The van der Waals surface area contributed by atoms with Gasteiger partial charge in [-0.1, -0.05) is 18.2 Å². The second-order valence-electron chi connectivity index (χ2n) is 6.10. The Morgan fingerprint density at radius 3 is 2.76 bits per heavy atom. The average Bonchev–Trinajstić information content (AvgIpc) is 3.02. The Balaban J connectivity index is 1.53. The van der Waals surface area contributed by atoms with Gasteiger partial charge in [-0.15, -0.1) is 0 Å². The van der Waals surface area contributed by atoms with Crippen molar-refractivity contribution in [1.82, 2.24) is 15.2 Å². The molecule has 0 spiro atoms. The molecule has 0 radical (unpaired) electrons. The van der Waals surface area contributed by atoms with Crippen LogP contribution in [0.5, 0.6) is 5.75 Å². The molecule has 1 saturated heterocycles. The number of ether oxygens (including phenoxy) is 1. The topological polar surface area (TPSA) is 71.5 Å². The zero-order chi connectivity index (χ0) is 17.6. The second kappa shape index (κ2) is 7.79. The van der Waals surface area contributed by atoms with E-state index in [2.05, 4.69) is 10.3 Å². The van der Waals surface area contributed by atoms with Gasteiger partial charge < -0.3 is 15.0 Å². The molecular weight excluding hydrogens is 318 g/mol. The molecular formula is C19H21N3O3. The van der Waals surface area contributed by atoms with Gasteiger partial charge in [0.2, 0.25) is 11.8 Å². The van der Waals surface area contributed by atoms with E-state index < -0.39 is 0 Å². The van der Waals surface area contributed by atoms with Crippen LogP contribution in [0, 0.1) is 5.92 Å². The predicted molar refractivity (Wildman–Crippen MR) is 92.6 cm³/mol. The number of rotatable bonds is 6. The summed E-state index contributed by atoms with van der Waals surface area (Å²) in [6, 6.07) is 11.3. The summed E-state index contributed by atoms with van der Waals surface area (Å²) < 4.78 is 5.13. The van der Waals surface area contributed by atoms with Crippen LogP contribution in [-0.2, 0) is 22.7 Å². The maximum Gasteiger partial charge on any atom is 0.225 e. The van der Waals surface area contributed by atoms with E-state index in [4.69, 9.17) is 4.74 Å². The lowest BCUT2D eigenvalue weighted by molar-refractivity contribution is -0.129. The Morgan fingerprint density at radius 2 is 2.08 bits per heavy atom. The summed E-state index contributed by atoms with van der Waals surface area (Å²) in [6.45, 7) is 1.38. The van der Waals surface area contributed by atoms with Crippen LogP contribution in [0.15, 0.2) is 48.8 Å². The van der Waals surface area contributed by atoms with Crippen LogP contribution < -0.4 is 10.1 Å². The third-order valence-electron chi connectivity index (χ3n) is 4.31. The van der Waals surface area contributed by atoms with Crippen molar-refractivity contribution in [2.75, 3.05) is 13.7 Å². The first-order valence-electron chi connectivity index (χ1n) is 8.23. The van der Waals surface area contributed by atoms with Crippen molar-refractivity contribution in [2.45, 2.75) is 19.5 Å². The van der Waals surface area contributed by atoms with Gasteiger partial charge >= 0.3 is 0 Å². The minimum Gasteiger partial charge on any atom is -0.497 e. The average molecular weight is 339 g/mol.